The molecule has 1 aromatic rings. The highest BCUT2D eigenvalue weighted by molar-refractivity contribution is 5.80. The summed E-state index contributed by atoms with van der Waals surface area (Å²) in [5.74, 6) is 0.989. The van der Waals surface area contributed by atoms with Crippen LogP contribution in [0, 0.1) is 19.8 Å². The number of hydrogen-bond donors (Lipinski definition) is 1. The molecular formula is C21H31F3N4O. The normalized spacial score (nSPS) is 24.2. The third-order valence-electron chi connectivity index (χ3n) is 5.67. The SMILES string of the molecule is CN=C(NCC1CCN(CC(F)(F)F)C1)N1CCOC(c2ccc(C)cc2C)C1. The lowest BCUT2D eigenvalue weighted by molar-refractivity contribution is -0.143. The minimum atomic E-state index is -4.13. The molecule has 0 radical (unpaired) electrons. The monoisotopic (exact) mass is 412 g/mol. The molecule has 2 fully saturated rings. The molecule has 162 valence electrons. The van der Waals surface area contributed by atoms with Gasteiger partial charge in [0.25, 0.3) is 0 Å². The van der Waals surface area contributed by atoms with Crippen LogP contribution in [0.3, 0.4) is 0 Å². The van der Waals surface area contributed by atoms with E-state index in [2.05, 4.69) is 47.3 Å². The average molecular weight is 413 g/mol. The zero-order chi connectivity index (χ0) is 21.0. The number of benzene rings is 1. The predicted molar refractivity (Wildman–Crippen MR) is 108 cm³/mol. The molecule has 0 aromatic heterocycles. The van der Waals surface area contributed by atoms with E-state index in [1.165, 1.54) is 21.6 Å². The first-order chi connectivity index (χ1) is 13.7. The van der Waals surface area contributed by atoms with Gasteiger partial charge in [-0.3, -0.25) is 9.89 Å². The van der Waals surface area contributed by atoms with Gasteiger partial charge in [0.05, 0.1) is 19.7 Å². The van der Waals surface area contributed by atoms with Gasteiger partial charge in [0.15, 0.2) is 5.96 Å². The zero-order valence-corrected chi connectivity index (χ0v) is 17.4. The summed E-state index contributed by atoms with van der Waals surface area (Å²) in [5.41, 5.74) is 3.64. The van der Waals surface area contributed by atoms with E-state index in [-0.39, 0.29) is 12.0 Å². The van der Waals surface area contributed by atoms with Crippen LogP contribution in [0.25, 0.3) is 0 Å². The molecule has 2 heterocycles. The zero-order valence-electron chi connectivity index (χ0n) is 17.4. The number of aliphatic imine (C=N–C) groups is 1. The Bertz CT molecular complexity index is 722. The second-order valence-corrected chi connectivity index (χ2v) is 8.10. The van der Waals surface area contributed by atoms with Crippen molar-refractivity contribution >= 4 is 5.96 Å². The first-order valence-corrected chi connectivity index (χ1v) is 10.2. The van der Waals surface area contributed by atoms with Crippen molar-refractivity contribution in [1.82, 2.24) is 15.1 Å². The number of aryl methyl sites for hydroxylation is 2. The summed E-state index contributed by atoms with van der Waals surface area (Å²) in [6.07, 6.45) is -3.37. The standard InChI is InChI=1S/C21H31F3N4O/c1-15-4-5-18(16(2)10-15)19-13-28(8-9-29-19)20(25-3)26-11-17-6-7-27(12-17)14-21(22,23)24/h4-5,10,17,19H,6-9,11-14H2,1-3H3,(H,25,26). The van der Waals surface area contributed by atoms with Crippen LogP contribution in [0.5, 0.6) is 0 Å². The largest absolute Gasteiger partial charge is 0.401 e. The fraction of sp³-hybridized carbons (Fsp3) is 0.667. The van der Waals surface area contributed by atoms with Crippen LogP contribution in [-0.4, -0.2) is 74.9 Å². The molecule has 29 heavy (non-hydrogen) atoms. The molecule has 0 aliphatic carbocycles. The maximum Gasteiger partial charge on any atom is 0.401 e. The van der Waals surface area contributed by atoms with Crippen molar-refractivity contribution in [2.75, 3.05) is 52.9 Å². The summed E-state index contributed by atoms with van der Waals surface area (Å²) in [7, 11) is 1.74. The first kappa shape index (κ1) is 21.9. The van der Waals surface area contributed by atoms with Gasteiger partial charge in [0.1, 0.15) is 6.10 Å². The van der Waals surface area contributed by atoms with Crippen LogP contribution < -0.4 is 5.32 Å². The van der Waals surface area contributed by atoms with Gasteiger partial charge in [0, 0.05) is 26.7 Å². The fourth-order valence-electron chi connectivity index (χ4n) is 4.26. The van der Waals surface area contributed by atoms with Crippen molar-refractivity contribution in [3.63, 3.8) is 0 Å². The molecule has 8 heteroatoms. The number of likely N-dealkylation sites (tertiary alicyclic amines) is 1. The molecule has 3 rings (SSSR count). The van der Waals surface area contributed by atoms with E-state index in [0.717, 1.165) is 18.9 Å². The second kappa shape index (κ2) is 9.34. The minimum Gasteiger partial charge on any atom is -0.370 e. The van der Waals surface area contributed by atoms with E-state index in [1.807, 2.05) is 0 Å². The van der Waals surface area contributed by atoms with E-state index in [0.29, 0.717) is 32.8 Å². The Kier molecular flexibility index (Phi) is 7.05. The van der Waals surface area contributed by atoms with Gasteiger partial charge in [-0.15, -0.1) is 0 Å². The number of alkyl halides is 3. The van der Waals surface area contributed by atoms with E-state index in [4.69, 9.17) is 4.74 Å². The van der Waals surface area contributed by atoms with E-state index < -0.39 is 12.7 Å². The number of hydrogen-bond acceptors (Lipinski definition) is 3. The summed E-state index contributed by atoms with van der Waals surface area (Å²) in [6, 6.07) is 6.39. The van der Waals surface area contributed by atoms with Gasteiger partial charge in [-0.1, -0.05) is 23.8 Å². The molecule has 2 saturated heterocycles. The number of rotatable bonds is 4. The number of halogens is 3. The van der Waals surface area contributed by atoms with Gasteiger partial charge >= 0.3 is 6.18 Å². The van der Waals surface area contributed by atoms with E-state index in [9.17, 15) is 13.2 Å². The maximum atomic E-state index is 12.6. The van der Waals surface area contributed by atoms with Gasteiger partial charge in [0.2, 0.25) is 0 Å². The molecule has 2 aliphatic heterocycles. The van der Waals surface area contributed by atoms with Crippen LogP contribution in [0.4, 0.5) is 13.2 Å². The Hall–Kier alpha value is -1.80. The summed E-state index contributed by atoms with van der Waals surface area (Å²) in [6.45, 7) is 7.02. The molecule has 0 amide bonds. The molecule has 5 nitrogen and oxygen atoms in total. The average Bonchev–Trinajstić information content (AvgIpc) is 3.08. The molecule has 0 bridgehead atoms. The van der Waals surface area contributed by atoms with Crippen molar-refractivity contribution in [3.05, 3.63) is 34.9 Å². The predicted octanol–water partition coefficient (Wildman–Crippen LogP) is 3.14. The lowest BCUT2D eigenvalue weighted by atomic mass is 10.00. The topological polar surface area (TPSA) is 40.1 Å². The number of nitrogens with one attached hydrogen (secondary N) is 1. The van der Waals surface area contributed by atoms with Crippen molar-refractivity contribution in [1.29, 1.82) is 0 Å². The fourth-order valence-corrected chi connectivity index (χ4v) is 4.26. The van der Waals surface area contributed by atoms with Gasteiger partial charge in [-0.2, -0.15) is 13.2 Å². The minimum absolute atomic E-state index is 0.0170. The molecule has 0 saturated carbocycles. The highest BCUT2D eigenvalue weighted by Gasteiger charge is 2.34. The highest BCUT2D eigenvalue weighted by atomic mass is 19.4. The van der Waals surface area contributed by atoms with Gasteiger partial charge in [-0.05, 0) is 43.9 Å². The Labute approximate surface area is 170 Å². The molecule has 0 spiro atoms. The lowest BCUT2D eigenvalue weighted by Gasteiger charge is -2.36. The number of guanidine groups is 1. The van der Waals surface area contributed by atoms with Crippen molar-refractivity contribution in [2.24, 2.45) is 10.9 Å². The smallest absolute Gasteiger partial charge is 0.370 e. The molecule has 2 aliphatic rings. The third-order valence-corrected chi connectivity index (χ3v) is 5.67. The van der Waals surface area contributed by atoms with E-state index in [1.54, 1.807) is 7.05 Å². The lowest BCUT2D eigenvalue weighted by Crippen LogP contribution is -2.49. The molecule has 2 atom stereocenters. The Morgan fingerprint density at radius 1 is 1.24 bits per heavy atom. The summed E-state index contributed by atoms with van der Waals surface area (Å²) < 4.78 is 43.7. The Morgan fingerprint density at radius 2 is 2.03 bits per heavy atom. The summed E-state index contributed by atoms with van der Waals surface area (Å²) in [4.78, 5) is 8.06. The van der Waals surface area contributed by atoms with Crippen LogP contribution in [0.1, 0.15) is 29.2 Å². The van der Waals surface area contributed by atoms with Crippen LogP contribution in [0.15, 0.2) is 23.2 Å². The van der Waals surface area contributed by atoms with Crippen LogP contribution >= 0.6 is 0 Å². The third kappa shape index (κ3) is 6.09. The van der Waals surface area contributed by atoms with Crippen molar-refractivity contribution < 1.29 is 17.9 Å². The Morgan fingerprint density at radius 3 is 2.72 bits per heavy atom. The summed E-state index contributed by atoms with van der Waals surface area (Å²) in [5, 5.41) is 3.37. The van der Waals surface area contributed by atoms with Gasteiger partial charge < -0.3 is 15.0 Å². The molecule has 1 N–H and O–H groups in total. The summed E-state index contributed by atoms with van der Waals surface area (Å²) >= 11 is 0. The van der Waals surface area contributed by atoms with Crippen molar-refractivity contribution in [2.45, 2.75) is 32.5 Å². The van der Waals surface area contributed by atoms with Crippen molar-refractivity contribution in [3.8, 4) is 0 Å². The maximum absolute atomic E-state index is 12.6. The molecule has 1 aromatic carbocycles. The quantitative estimate of drug-likeness (QED) is 0.609. The molecular weight excluding hydrogens is 381 g/mol. The molecule has 2 unspecified atom stereocenters. The van der Waals surface area contributed by atoms with Gasteiger partial charge in [-0.25, -0.2) is 0 Å². The highest BCUT2D eigenvalue weighted by Crippen LogP contribution is 2.26. The number of nitrogens with zero attached hydrogens (tertiary/aromatic N) is 3. The number of morpholine rings is 1. The van der Waals surface area contributed by atoms with Crippen LogP contribution in [-0.2, 0) is 4.74 Å². The van der Waals surface area contributed by atoms with Crippen LogP contribution in [0.2, 0.25) is 0 Å². The Balaban J connectivity index is 1.53. The number of ether oxygens (including phenoxy) is 1. The van der Waals surface area contributed by atoms with E-state index >= 15 is 0 Å². The first-order valence-electron chi connectivity index (χ1n) is 10.2. The second-order valence-electron chi connectivity index (χ2n) is 8.10.